The zero-order valence-electron chi connectivity index (χ0n) is 20.2. The standard InChI is InChI=1S/C25H28FN7O2/c1-15-9-16(5-6-17(15)11-27-23(34)22-30-24(35-31-22)25(2,3)4)21-20-10-19(13-33(20)29-14-28-21)32-8-7-18(26)12-32/h5-6,9-10,13-14,18H,7-8,11-12H2,1-4H3,(H,27,34). The van der Waals surface area contributed by atoms with Crippen LogP contribution in [-0.4, -0.2) is 49.9 Å². The molecule has 1 N–H and O–H groups in total. The number of carbonyl (C=O) groups is 1. The van der Waals surface area contributed by atoms with Gasteiger partial charge in [0.2, 0.25) is 5.89 Å². The summed E-state index contributed by atoms with van der Waals surface area (Å²) in [5.74, 6) is 0.0548. The van der Waals surface area contributed by atoms with Gasteiger partial charge in [-0.15, -0.1) is 0 Å². The summed E-state index contributed by atoms with van der Waals surface area (Å²) in [4.78, 5) is 23.2. The van der Waals surface area contributed by atoms with E-state index in [1.165, 1.54) is 6.33 Å². The third-order valence-corrected chi connectivity index (χ3v) is 6.21. The molecule has 4 heterocycles. The van der Waals surface area contributed by atoms with Crippen LogP contribution in [0.15, 0.2) is 41.3 Å². The Balaban J connectivity index is 1.33. The van der Waals surface area contributed by atoms with E-state index in [0.29, 0.717) is 31.9 Å². The number of hydrogen-bond acceptors (Lipinski definition) is 7. The largest absolute Gasteiger partial charge is 0.367 e. The molecule has 1 aromatic carbocycles. The molecule has 3 aromatic heterocycles. The molecular formula is C25H28FN7O2. The Morgan fingerprint density at radius 2 is 2.11 bits per heavy atom. The molecule has 1 atom stereocenters. The fourth-order valence-corrected chi connectivity index (χ4v) is 4.18. The summed E-state index contributed by atoms with van der Waals surface area (Å²) in [5.41, 5.74) is 5.18. The second kappa shape index (κ2) is 8.75. The fourth-order valence-electron chi connectivity index (χ4n) is 4.18. The number of hydrogen-bond donors (Lipinski definition) is 1. The van der Waals surface area contributed by atoms with Crippen molar-refractivity contribution in [1.82, 2.24) is 30.1 Å². The van der Waals surface area contributed by atoms with Crippen LogP contribution in [0.2, 0.25) is 0 Å². The van der Waals surface area contributed by atoms with Gasteiger partial charge in [-0.3, -0.25) is 4.79 Å². The molecule has 1 amide bonds. The zero-order valence-corrected chi connectivity index (χ0v) is 20.2. The Morgan fingerprint density at radius 1 is 1.29 bits per heavy atom. The van der Waals surface area contributed by atoms with Gasteiger partial charge in [0.05, 0.1) is 23.1 Å². The summed E-state index contributed by atoms with van der Waals surface area (Å²) in [6, 6.07) is 7.99. The second-order valence-corrected chi connectivity index (χ2v) is 9.97. The van der Waals surface area contributed by atoms with E-state index in [2.05, 4.69) is 25.5 Å². The first kappa shape index (κ1) is 22.9. The molecule has 9 nitrogen and oxygen atoms in total. The highest BCUT2D eigenvalue weighted by molar-refractivity contribution is 5.90. The second-order valence-electron chi connectivity index (χ2n) is 9.97. The third-order valence-electron chi connectivity index (χ3n) is 6.21. The van der Waals surface area contributed by atoms with E-state index in [9.17, 15) is 9.18 Å². The summed E-state index contributed by atoms with van der Waals surface area (Å²) < 4.78 is 20.7. The first-order valence-electron chi connectivity index (χ1n) is 11.6. The number of rotatable bonds is 5. The molecule has 1 saturated heterocycles. The number of carbonyl (C=O) groups excluding carboxylic acids is 1. The molecule has 5 rings (SSSR count). The molecule has 0 radical (unpaired) electrons. The molecule has 1 aliphatic heterocycles. The zero-order chi connectivity index (χ0) is 24.7. The van der Waals surface area contributed by atoms with Gasteiger partial charge in [0.25, 0.3) is 11.7 Å². The highest BCUT2D eigenvalue weighted by atomic mass is 19.1. The Labute approximate surface area is 202 Å². The maximum absolute atomic E-state index is 13.7. The molecule has 1 fully saturated rings. The van der Waals surface area contributed by atoms with Gasteiger partial charge in [0.15, 0.2) is 0 Å². The Morgan fingerprint density at radius 3 is 2.80 bits per heavy atom. The monoisotopic (exact) mass is 477 g/mol. The van der Waals surface area contributed by atoms with Crippen LogP contribution in [0.1, 0.15) is 54.8 Å². The first-order valence-corrected chi connectivity index (χ1v) is 11.6. The van der Waals surface area contributed by atoms with Crippen molar-refractivity contribution in [3.8, 4) is 11.3 Å². The van der Waals surface area contributed by atoms with Crippen LogP contribution in [0.5, 0.6) is 0 Å². The number of aryl methyl sites for hydroxylation is 1. The average Bonchev–Trinajstić information content (AvgIpc) is 3.56. The maximum Gasteiger partial charge on any atom is 0.292 e. The minimum atomic E-state index is -0.792. The summed E-state index contributed by atoms with van der Waals surface area (Å²) in [6.07, 6.45) is 3.19. The van der Waals surface area contributed by atoms with Crippen molar-refractivity contribution in [3.63, 3.8) is 0 Å². The van der Waals surface area contributed by atoms with Crippen LogP contribution in [-0.2, 0) is 12.0 Å². The molecule has 35 heavy (non-hydrogen) atoms. The van der Waals surface area contributed by atoms with Crippen LogP contribution in [0, 0.1) is 6.92 Å². The first-order chi connectivity index (χ1) is 16.7. The molecule has 0 bridgehead atoms. The third kappa shape index (κ3) is 4.60. The molecule has 1 unspecified atom stereocenters. The van der Waals surface area contributed by atoms with Crippen molar-refractivity contribution in [2.24, 2.45) is 0 Å². The van der Waals surface area contributed by atoms with E-state index in [1.807, 2.05) is 63.1 Å². The van der Waals surface area contributed by atoms with Gasteiger partial charge in [0, 0.05) is 30.6 Å². The number of nitrogens with one attached hydrogen (secondary N) is 1. The van der Waals surface area contributed by atoms with E-state index in [-0.39, 0.29) is 17.1 Å². The average molecular weight is 478 g/mol. The van der Waals surface area contributed by atoms with Crippen molar-refractivity contribution in [2.45, 2.75) is 52.2 Å². The number of fused-ring (bicyclic) bond motifs is 1. The SMILES string of the molecule is Cc1cc(-c2ncnn3cc(N4CCC(F)C4)cc23)ccc1CNC(=O)c1noc(C(C)(C)C)n1. The van der Waals surface area contributed by atoms with Crippen LogP contribution >= 0.6 is 0 Å². The van der Waals surface area contributed by atoms with Crippen molar-refractivity contribution >= 4 is 17.1 Å². The van der Waals surface area contributed by atoms with E-state index < -0.39 is 6.17 Å². The van der Waals surface area contributed by atoms with Crippen LogP contribution < -0.4 is 10.2 Å². The molecule has 10 heteroatoms. The van der Waals surface area contributed by atoms with Gasteiger partial charge in [-0.2, -0.15) is 10.1 Å². The molecule has 4 aromatic rings. The van der Waals surface area contributed by atoms with Crippen LogP contribution in [0.25, 0.3) is 16.8 Å². The quantitative estimate of drug-likeness (QED) is 0.466. The lowest BCUT2D eigenvalue weighted by molar-refractivity contribution is 0.0937. The molecule has 182 valence electrons. The number of alkyl halides is 1. The van der Waals surface area contributed by atoms with Gasteiger partial charge < -0.3 is 14.7 Å². The molecule has 0 spiro atoms. The van der Waals surface area contributed by atoms with E-state index >= 15 is 0 Å². The number of nitrogens with zero attached hydrogens (tertiary/aromatic N) is 6. The predicted molar refractivity (Wildman–Crippen MR) is 129 cm³/mol. The van der Waals surface area contributed by atoms with Crippen LogP contribution in [0.4, 0.5) is 10.1 Å². The number of aromatic nitrogens is 5. The summed E-state index contributed by atoms with van der Waals surface area (Å²) >= 11 is 0. The lowest BCUT2D eigenvalue weighted by Gasteiger charge is -2.14. The van der Waals surface area contributed by atoms with Crippen molar-refractivity contribution in [1.29, 1.82) is 0 Å². The number of amides is 1. The number of benzene rings is 1. The molecule has 1 aliphatic rings. The minimum Gasteiger partial charge on any atom is -0.367 e. The lowest BCUT2D eigenvalue weighted by Crippen LogP contribution is -2.24. The minimum absolute atomic E-state index is 0.0219. The lowest BCUT2D eigenvalue weighted by atomic mass is 9.97. The summed E-state index contributed by atoms with van der Waals surface area (Å²) in [7, 11) is 0. The van der Waals surface area contributed by atoms with Crippen molar-refractivity contribution in [2.75, 3.05) is 18.0 Å². The Kier molecular flexibility index (Phi) is 5.74. The topological polar surface area (TPSA) is 101 Å². The van der Waals surface area contributed by atoms with Crippen molar-refractivity contribution < 1.29 is 13.7 Å². The van der Waals surface area contributed by atoms with Gasteiger partial charge in [-0.25, -0.2) is 13.9 Å². The van der Waals surface area contributed by atoms with E-state index in [1.54, 1.807) is 4.52 Å². The van der Waals surface area contributed by atoms with E-state index in [0.717, 1.165) is 33.6 Å². The number of anilines is 1. The Bertz CT molecular complexity index is 1390. The fraction of sp³-hybridized carbons (Fsp3) is 0.400. The molecule has 0 saturated carbocycles. The van der Waals surface area contributed by atoms with Crippen molar-refractivity contribution in [3.05, 3.63) is 59.6 Å². The highest BCUT2D eigenvalue weighted by Gasteiger charge is 2.25. The van der Waals surface area contributed by atoms with Crippen LogP contribution in [0.3, 0.4) is 0 Å². The van der Waals surface area contributed by atoms with Gasteiger partial charge in [0.1, 0.15) is 12.5 Å². The normalized spacial score (nSPS) is 16.3. The highest BCUT2D eigenvalue weighted by Crippen LogP contribution is 2.30. The predicted octanol–water partition coefficient (Wildman–Crippen LogP) is 3.86. The van der Waals surface area contributed by atoms with Gasteiger partial charge in [-0.1, -0.05) is 38.1 Å². The van der Waals surface area contributed by atoms with Gasteiger partial charge >= 0.3 is 0 Å². The smallest absolute Gasteiger partial charge is 0.292 e. The molecular weight excluding hydrogens is 449 g/mol. The van der Waals surface area contributed by atoms with Gasteiger partial charge in [-0.05, 0) is 36.6 Å². The molecule has 0 aliphatic carbocycles. The summed E-state index contributed by atoms with van der Waals surface area (Å²) in [6.45, 7) is 9.25. The van der Waals surface area contributed by atoms with E-state index in [4.69, 9.17) is 4.52 Å². The number of halogens is 1. The Hall–Kier alpha value is -3.82. The maximum atomic E-state index is 13.7. The summed E-state index contributed by atoms with van der Waals surface area (Å²) in [5, 5.41) is 11.0.